The number of hydrogen-bond acceptors (Lipinski definition) is 2. The molecule has 0 spiro atoms. The Bertz CT molecular complexity index is 423. The van der Waals surface area contributed by atoms with Gasteiger partial charge in [0, 0.05) is 12.5 Å². The van der Waals surface area contributed by atoms with E-state index in [1.165, 1.54) is 0 Å². The quantitative estimate of drug-likeness (QED) is 0.828. The molecule has 1 aliphatic rings. The Hall–Kier alpha value is -1.77. The van der Waals surface area contributed by atoms with Crippen molar-refractivity contribution in [2.45, 2.75) is 25.8 Å². The molecular formula is C15H19NO2. The Balaban J connectivity index is 1.82. The number of carbonyl (C=O) groups is 1. The number of allylic oxidation sites excluding steroid dienone is 2. The lowest BCUT2D eigenvalue weighted by Gasteiger charge is -2.17. The SMILES string of the molecule is COc1ccc(CNC(=O)[C@@H]2CC=CCC2)cc1. The predicted octanol–water partition coefficient (Wildman–Crippen LogP) is 2.67. The van der Waals surface area contributed by atoms with Gasteiger partial charge in [0.2, 0.25) is 5.91 Å². The van der Waals surface area contributed by atoms with E-state index in [1.54, 1.807) is 7.11 Å². The predicted molar refractivity (Wildman–Crippen MR) is 71.3 cm³/mol. The van der Waals surface area contributed by atoms with E-state index in [2.05, 4.69) is 17.5 Å². The molecule has 0 heterocycles. The van der Waals surface area contributed by atoms with Crippen molar-refractivity contribution in [2.24, 2.45) is 5.92 Å². The molecule has 2 rings (SSSR count). The smallest absolute Gasteiger partial charge is 0.223 e. The molecule has 96 valence electrons. The van der Waals surface area contributed by atoms with Crippen LogP contribution in [0, 0.1) is 5.92 Å². The third-order valence-corrected chi connectivity index (χ3v) is 3.27. The van der Waals surface area contributed by atoms with E-state index in [1.807, 2.05) is 24.3 Å². The Morgan fingerprint density at radius 1 is 1.33 bits per heavy atom. The Morgan fingerprint density at radius 2 is 2.11 bits per heavy atom. The fourth-order valence-electron chi connectivity index (χ4n) is 2.11. The minimum atomic E-state index is 0.147. The zero-order valence-corrected chi connectivity index (χ0v) is 10.7. The van der Waals surface area contributed by atoms with Crippen LogP contribution in [-0.4, -0.2) is 13.0 Å². The third-order valence-electron chi connectivity index (χ3n) is 3.27. The normalized spacial score (nSPS) is 18.4. The summed E-state index contributed by atoms with van der Waals surface area (Å²) in [7, 11) is 1.65. The van der Waals surface area contributed by atoms with Crippen molar-refractivity contribution in [3.8, 4) is 5.75 Å². The lowest BCUT2D eigenvalue weighted by molar-refractivity contribution is -0.125. The van der Waals surface area contributed by atoms with Crippen molar-refractivity contribution in [1.82, 2.24) is 5.32 Å². The van der Waals surface area contributed by atoms with Crippen molar-refractivity contribution in [3.63, 3.8) is 0 Å². The highest BCUT2D eigenvalue weighted by Crippen LogP contribution is 2.18. The molecule has 0 aromatic heterocycles. The van der Waals surface area contributed by atoms with Gasteiger partial charge in [-0.3, -0.25) is 4.79 Å². The molecule has 3 heteroatoms. The summed E-state index contributed by atoms with van der Waals surface area (Å²) in [5, 5.41) is 2.99. The highest BCUT2D eigenvalue weighted by molar-refractivity contribution is 5.78. The first kappa shape index (κ1) is 12.7. The molecule has 0 fully saturated rings. The standard InChI is InChI=1S/C15H19NO2/c1-18-14-9-7-12(8-10-14)11-16-15(17)13-5-3-2-4-6-13/h2-3,7-10,13H,4-6,11H2,1H3,(H,16,17)/t13-/m1/s1. The van der Waals surface area contributed by atoms with Gasteiger partial charge in [-0.05, 0) is 37.0 Å². The van der Waals surface area contributed by atoms with Crippen molar-refractivity contribution in [3.05, 3.63) is 42.0 Å². The van der Waals surface area contributed by atoms with Crippen molar-refractivity contribution in [2.75, 3.05) is 7.11 Å². The van der Waals surface area contributed by atoms with E-state index in [-0.39, 0.29) is 11.8 Å². The van der Waals surface area contributed by atoms with E-state index >= 15 is 0 Å². The van der Waals surface area contributed by atoms with Gasteiger partial charge in [0.15, 0.2) is 0 Å². The molecule has 0 saturated carbocycles. The molecule has 0 aliphatic heterocycles. The average molecular weight is 245 g/mol. The van der Waals surface area contributed by atoms with Crippen molar-refractivity contribution >= 4 is 5.91 Å². The summed E-state index contributed by atoms with van der Waals surface area (Å²) >= 11 is 0. The summed E-state index contributed by atoms with van der Waals surface area (Å²) < 4.78 is 5.09. The van der Waals surface area contributed by atoms with E-state index < -0.39 is 0 Å². The summed E-state index contributed by atoms with van der Waals surface area (Å²) in [5.41, 5.74) is 1.09. The zero-order valence-electron chi connectivity index (χ0n) is 10.7. The molecule has 1 N–H and O–H groups in total. The van der Waals surface area contributed by atoms with Gasteiger partial charge in [-0.2, -0.15) is 0 Å². The van der Waals surface area contributed by atoms with E-state index in [0.717, 1.165) is 30.6 Å². The van der Waals surface area contributed by atoms with Gasteiger partial charge in [-0.15, -0.1) is 0 Å². The van der Waals surface area contributed by atoms with Gasteiger partial charge in [-0.25, -0.2) is 0 Å². The minimum Gasteiger partial charge on any atom is -0.497 e. The van der Waals surface area contributed by atoms with Gasteiger partial charge in [0.25, 0.3) is 0 Å². The van der Waals surface area contributed by atoms with Crippen LogP contribution < -0.4 is 10.1 Å². The highest BCUT2D eigenvalue weighted by atomic mass is 16.5. The lowest BCUT2D eigenvalue weighted by atomic mass is 9.93. The largest absolute Gasteiger partial charge is 0.497 e. The van der Waals surface area contributed by atoms with Gasteiger partial charge in [0.05, 0.1) is 7.11 Å². The van der Waals surface area contributed by atoms with Crippen LogP contribution in [0.5, 0.6) is 5.75 Å². The van der Waals surface area contributed by atoms with Crippen LogP contribution in [0.3, 0.4) is 0 Å². The molecule has 1 amide bonds. The second-order valence-corrected chi connectivity index (χ2v) is 4.55. The molecule has 0 saturated heterocycles. The summed E-state index contributed by atoms with van der Waals surface area (Å²) in [4.78, 5) is 11.9. The van der Waals surface area contributed by atoms with E-state index in [9.17, 15) is 4.79 Å². The highest BCUT2D eigenvalue weighted by Gasteiger charge is 2.17. The maximum absolute atomic E-state index is 11.9. The van der Waals surface area contributed by atoms with Crippen LogP contribution in [0.15, 0.2) is 36.4 Å². The Labute approximate surface area is 108 Å². The number of hydrogen-bond donors (Lipinski definition) is 1. The van der Waals surface area contributed by atoms with Gasteiger partial charge >= 0.3 is 0 Å². The third kappa shape index (κ3) is 3.36. The molecule has 0 unspecified atom stereocenters. The van der Waals surface area contributed by atoms with Crippen molar-refractivity contribution < 1.29 is 9.53 Å². The van der Waals surface area contributed by atoms with Crippen LogP contribution in [0.2, 0.25) is 0 Å². The molecule has 1 aliphatic carbocycles. The molecule has 0 radical (unpaired) electrons. The molecular weight excluding hydrogens is 226 g/mol. The topological polar surface area (TPSA) is 38.3 Å². The number of rotatable bonds is 4. The number of ether oxygens (including phenoxy) is 1. The second kappa shape index (κ2) is 6.24. The number of carbonyl (C=O) groups excluding carboxylic acids is 1. The first-order valence-electron chi connectivity index (χ1n) is 6.35. The molecule has 18 heavy (non-hydrogen) atoms. The first-order valence-corrected chi connectivity index (χ1v) is 6.35. The van der Waals surface area contributed by atoms with Gasteiger partial charge in [-0.1, -0.05) is 24.3 Å². The molecule has 3 nitrogen and oxygen atoms in total. The van der Waals surface area contributed by atoms with Gasteiger partial charge < -0.3 is 10.1 Å². The van der Waals surface area contributed by atoms with Crippen LogP contribution >= 0.6 is 0 Å². The van der Waals surface area contributed by atoms with Crippen molar-refractivity contribution in [1.29, 1.82) is 0 Å². The first-order chi connectivity index (χ1) is 8.79. The van der Waals surface area contributed by atoms with E-state index in [0.29, 0.717) is 6.54 Å². The maximum atomic E-state index is 11.9. The minimum absolute atomic E-state index is 0.147. The molecule has 0 bridgehead atoms. The summed E-state index contributed by atoms with van der Waals surface area (Å²) in [6, 6.07) is 7.76. The van der Waals surface area contributed by atoms with Crippen LogP contribution in [-0.2, 0) is 11.3 Å². The zero-order chi connectivity index (χ0) is 12.8. The lowest BCUT2D eigenvalue weighted by Crippen LogP contribution is -2.30. The number of benzene rings is 1. The summed E-state index contributed by atoms with van der Waals surface area (Å²) in [6.07, 6.45) is 7.09. The van der Waals surface area contributed by atoms with Crippen LogP contribution in [0.1, 0.15) is 24.8 Å². The maximum Gasteiger partial charge on any atom is 0.223 e. The fourth-order valence-corrected chi connectivity index (χ4v) is 2.11. The fraction of sp³-hybridized carbons (Fsp3) is 0.400. The van der Waals surface area contributed by atoms with E-state index in [4.69, 9.17) is 4.74 Å². The monoisotopic (exact) mass is 245 g/mol. The number of nitrogens with one attached hydrogen (secondary N) is 1. The number of methoxy groups -OCH3 is 1. The second-order valence-electron chi connectivity index (χ2n) is 4.55. The van der Waals surface area contributed by atoms with Crippen LogP contribution in [0.25, 0.3) is 0 Å². The number of amides is 1. The molecule has 1 aromatic carbocycles. The molecule has 1 atom stereocenters. The van der Waals surface area contributed by atoms with Gasteiger partial charge in [0.1, 0.15) is 5.75 Å². The van der Waals surface area contributed by atoms with Crippen LogP contribution in [0.4, 0.5) is 0 Å². The summed E-state index contributed by atoms with van der Waals surface area (Å²) in [6.45, 7) is 0.586. The Morgan fingerprint density at radius 3 is 2.72 bits per heavy atom. The Kier molecular flexibility index (Phi) is 4.40. The molecule has 1 aromatic rings. The summed E-state index contributed by atoms with van der Waals surface area (Å²) in [5.74, 6) is 1.14. The average Bonchev–Trinajstić information content (AvgIpc) is 2.46.